The van der Waals surface area contributed by atoms with Gasteiger partial charge in [-0.3, -0.25) is 19.2 Å². The van der Waals surface area contributed by atoms with E-state index < -0.39 is 0 Å². The van der Waals surface area contributed by atoms with E-state index in [0.29, 0.717) is 19.4 Å². The Kier molecular flexibility index (Phi) is 6.12. The second-order valence-corrected chi connectivity index (χ2v) is 5.83. The van der Waals surface area contributed by atoms with E-state index in [9.17, 15) is 9.59 Å². The predicted octanol–water partition coefficient (Wildman–Crippen LogP) is -0.996. The summed E-state index contributed by atoms with van der Waals surface area (Å²) >= 11 is 0. The molecule has 128 valence electrons. The van der Waals surface area contributed by atoms with Crippen LogP contribution in [0.4, 0.5) is 0 Å². The fourth-order valence-corrected chi connectivity index (χ4v) is 2.70. The Morgan fingerprint density at radius 3 is 2.96 bits per heavy atom. The van der Waals surface area contributed by atoms with E-state index in [2.05, 4.69) is 15.3 Å². The molecule has 0 aliphatic carbocycles. The van der Waals surface area contributed by atoms with Gasteiger partial charge in [-0.2, -0.15) is 5.10 Å². The summed E-state index contributed by atoms with van der Waals surface area (Å²) in [5, 5.41) is 15.8. The molecule has 2 rings (SSSR count). The van der Waals surface area contributed by atoms with Crippen LogP contribution in [0.2, 0.25) is 0 Å². The molecule has 1 aliphatic rings. The van der Waals surface area contributed by atoms with Gasteiger partial charge in [-0.05, 0) is 19.4 Å². The van der Waals surface area contributed by atoms with Crippen LogP contribution in [0.25, 0.3) is 0 Å². The van der Waals surface area contributed by atoms with Crippen molar-refractivity contribution in [2.24, 2.45) is 5.73 Å². The lowest BCUT2D eigenvalue weighted by Gasteiger charge is -2.24. The van der Waals surface area contributed by atoms with Crippen molar-refractivity contribution in [3.63, 3.8) is 0 Å². The molecule has 1 aromatic rings. The molecular weight excluding hydrogens is 298 g/mol. The first kappa shape index (κ1) is 17.4. The van der Waals surface area contributed by atoms with Gasteiger partial charge in [0, 0.05) is 39.0 Å². The molecular formula is C15H25N5O3. The number of fused-ring (bicyclic) bond motifs is 1. The molecule has 0 aromatic carbocycles. The number of aliphatic hydroxyl groups is 1. The number of carbonyl (C=O) groups is 2. The van der Waals surface area contributed by atoms with E-state index in [0.717, 1.165) is 30.9 Å². The first-order valence-electron chi connectivity index (χ1n) is 7.97. The second kappa shape index (κ2) is 8.07. The minimum absolute atomic E-state index is 0.0571. The van der Waals surface area contributed by atoms with Crippen LogP contribution < -0.4 is 11.1 Å². The minimum atomic E-state index is -0.321. The van der Waals surface area contributed by atoms with Gasteiger partial charge in [0.05, 0.1) is 24.0 Å². The van der Waals surface area contributed by atoms with Gasteiger partial charge < -0.3 is 16.2 Å². The van der Waals surface area contributed by atoms with E-state index >= 15 is 0 Å². The van der Waals surface area contributed by atoms with Gasteiger partial charge in [-0.15, -0.1) is 0 Å². The van der Waals surface area contributed by atoms with Gasteiger partial charge in [0.1, 0.15) is 0 Å². The van der Waals surface area contributed by atoms with Gasteiger partial charge in [0.25, 0.3) is 0 Å². The van der Waals surface area contributed by atoms with Crippen LogP contribution in [0, 0.1) is 0 Å². The maximum atomic E-state index is 11.6. The smallest absolute Gasteiger partial charge is 0.234 e. The van der Waals surface area contributed by atoms with E-state index in [1.54, 1.807) is 0 Å². The fraction of sp³-hybridized carbons (Fsp3) is 0.667. The molecule has 1 aromatic heterocycles. The van der Waals surface area contributed by atoms with Gasteiger partial charge in [-0.25, -0.2) is 0 Å². The van der Waals surface area contributed by atoms with Crippen LogP contribution in [-0.2, 0) is 29.1 Å². The average Bonchev–Trinajstić information content (AvgIpc) is 2.80. The van der Waals surface area contributed by atoms with E-state index in [4.69, 9.17) is 10.8 Å². The lowest BCUT2D eigenvalue weighted by molar-refractivity contribution is -0.123. The summed E-state index contributed by atoms with van der Waals surface area (Å²) in [5.74, 6) is -0.412. The number of primary amides is 1. The van der Waals surface area contributed by atoms with Crippen LogP contribution in [-0.4, -0.2) is 57.3 Å². The fourth-order valence-electron chi connectivity index (χ4n) is 2.70. The third kappa shape index (κ3) is 4.77. The van der Waals surface area contributed by atoms with Crippen molar-refractivity contribution in [3.05, 3.63) is 17.5 Å². The Bertz CT molecular complexity index is 557. The van der Waals surface area contributed by atoms with Crippen molar-refractivity contribution in [1.29, 1.82) is 0 Å². The third-order valence-corrected chi connectivity index (χ3v) is 4.10. The molecule has 1 aliphatic heterocycles. The number of carbonyl (C=O) groups excluding carboxylic acids is 2. The highest BCUT2D eigenvalue weighted by molar-refractivity contribution is 5.79. The highest BCUT2D eigenvalue weighted by Crippen LogP contribution is 2.16. The number of hydrogen-bond donors (Lipinski definition) is 3. The van der Waals surface area contributed by atoms with Gasteiger partial charge in [-0.1, -0.05) is 0 Å². The standard InChI is InChI=1S/C15H25N5O3/c1-11(15(16)23)19-6-2-7-20-13(10-19)9-12(18-20)3-4-14(22)17-5-8-21/h9,11,21H,2-8,10H2,1H3,(H2,16,23)(H,17,22)/t11-/m0/s1. The number of nitrogens with one attached hydrogen (secondary N) is 1. The number of amides is 2. The molecule has 0 radical (unpaired) electrons. The molecule has 23 heavy (non-hydrogen) atoms. The van der Waals surface area contributed by atoms with Gasteiger partial charge >= 0.3 is 0 Å². The third-order valence-electron chi connectivity index (χ3n) is 4.10. The average molecular weight is 323 g/mol. The molecule has 8 nitrogen and oxygen atoms in total. The first-order chi connectivity index (χ1) is 11.0. The second-order valence-electron chi connectivity index (χ2n) is 5.83. The number of rotatable bonds is 7. The van der Waals surface area contributed by atoms with Crippen molar-refractivity contribution in [1.82, 2.24) is 20.0 Å². The van der Waals surface area contributed by atoms with Crippen molar-refractivity contribution in [3.8, 4) is 0 Å². The SMILES string of the molecule is C[C@@H](C(N)=O)N1CCCn2nc(CCC(=O)NCCO)cc2C1. The van der Waals surface area contributed by atoms with Gasteiger partial charge in [0.2, 0.25) is 11.8 Å². The summed E-state index contributed by atoms with van der Waals surface area (Å²) < 4.78 is 1.95. The highest BCUT2D eigenvalue weighted by Gasteiger charge is 2.23. The number of aryl methyl sites for hydroxylation is 2. The summed E-state index contributed by atoms with van der Waals surface area (Å²) in [7, 11) is 0. The van der Waals surface area contributed by atoms with Gasteiger partial charge in [0.15, 0.2) is 0 Å². The molecule has 8 heteroatoms. The number of aromatic nitrogens is 2. The van der Waals surface area contributed by atoms with Crippen molar-refractivity contribution < 1.29 is 14.7 Å². The Morgan fingerprint density at radius 1 is 1.48 bits per heavy atom. The van der Waals surface area contributed by atoms with Crippen LogP contribution in [0.5, 0.6) is 0 Å². The Morgan fingerprint density at radius 2 is 2.26 bits per heavy atom. The zero-order chi connectivity index (χ0) is 16.8. The van der Waals surface area contributed by atoms with Crippen LogP contribution >= 0.6 is 0 Å². The molecule has 2 amide bonds. The molecule has 1 atom stereocenters. The molecule has 2 heterocycles. The Hall–Kier alpha value is -1.93. The molecule has 0 spiro atoms. The highest BCUT2D eigenvalue weighted by atomic mass is 16.3. The normalized spacial score (nSPS) is 16.4. The number of aliphatic hydroxyl groups excluding tert-OH is 1. The predicted molar refractivity (Wildman–Crippen MR) is 84.3 cm³/mol. The summed E-state index contributed by atoms with van der Waals surface area (Å²) in [6, 6.07) is 1.69. The molecule has 0 bridgehead atoms. The molecule has 0 saturated carbocycles. The van der Waals surface area contributed by atoms with Crippen molar-refractivity contribution >= 4 is 11.8 Å². The van der Waals surface area contributed by atoms with Crippen LogP contribution in [0.15, 0.2) is 6.07 Å². The van der Waals surface area contributed by atoms with Crippen LogP contribution in [0.1, 0.15) is 31.2 Å². The Balaban J connectivity index is 1.96. The number of nitrogens with zero attached hydrogens (tertiary/aromatic N) is 3. The molecule has 4 N–H and O–H groups in total. The Labute approximate surface area is 135 Å². The lowest BCUT2D eigenvalue weighted by atomic mass is 10.2. The molecule has 0 saturated heterocycles. The minimum Gasteiger partial charge on any atom is -0.395 e. The van der Waals surface area contributed by atoms with E-state index in [1.807, 2.05) is 17.7 Å². The summed E-state index contributed by atoms with van der Waals surface area (Å²) in [5.41, 5.74) is 7.31. The maximum Gasteiger partial charge on any atom is 0.234 e. The molecule has 0 unspecified atom stereocenters. The van der Waals surface area contributed by atoms with Crippen molar-refractivity contribution in [2.75, 3.05) is 19.7 Å². The zero-order valence-corrected chi connectivity index (χ0v) is 13.5. The lowest BCUT2D eigenvalue weighted by Crippen LogP contribution is -2.42. The zero-order valence-electron chi connectivity index (χ0n) is 13.5. The maximum absolute atomic E-state index is 11.6. The monoisotopic (exact) mass is 323 g/mol. The van der Waals surface area contributed by atoms with Crippen molar-refractivity contribution in [2.45, 2.75) is 45.3 Å². The summed E-state index contributed by atoms with van der Waals surface area (Å²) in [6.45, 7) is 4.28. The van der Waals surface area contributed by atoms with E-state index in [-0.39, 0.29) is 31.0 Å². The quantitative estimate of drug-likeness (QED) is 0.596. The summed E-state index contributed by atoms with van der Waals surface area (Å²) in [6.07, 6.45) is 1.81. The summed E-state index contributed by atoms with van der Waals surface area (Å²) in [4.78, 5) is 25.0. The van der Waals surface area contributed by atoms with Crippen LogP contribution in [0.3, 0.4) is 0 Å². The number of nitrogens with two attached hydrogens (primary N) is 1. The van der Waals surface area contributed by atoms with E-state index in [1.165, 1.54) is 0 Å². The number of hydrogen-bond acceptors (Lipinski definition) is 5. The first-order valence-corrected chi connectivity index (χ1v) is 7.97. The largest absolute Gasteiger partial charge is 0.395 e. The topological polar surface area (TPSA) is 113 Å². The molecule has 0 fully saturated rings.